The second-order valence-electron chi connectivity index (χ2n) is 5.48. The summed E-state index contributed by atoms with van der Waals surface area (Å²) in [5, 5.41) is 2.20. The largest absolute Gasteiger partial charge is 0.375 e. The Morgan fingerprint density at radius 1 is 1.43 bits per heavy atom. The van der Waals surface area contributed by atoms with Crippen LogP contribution >= 0.6 is 11.3 Å². The normalized spacial score (nSPS) is 19.5. The molecular formula is C15H20N4OS. The smallest absolute Gasteiger partial charge is 0.273 e. The summed E-state index contributed by atoms with van der Waals surface area (Å²) in [4.78, 5) is 18.9. The third-order valence-corrected chi connectivity index (χ3v) is 4.75. The maximum Gasteiger partial charge on any atom is 0.273 e. The van der Waals surface area contributed by atoms with Crippen LogP contribution in [0.5, 0.6) is 0 Å². The maximum atomic E-state index is 12.8. The summed E-state index contributed by atoms with van der Waals surface area (Å²) >= 11 is 1.32. The van der Waals surface area contributed by atoms with Crippen LogP contribution in [0.15, 0.2) is 23.7 Å². The fourth-order valence-corrected chi connectivity index (χ4v) is 3.55. The van der Waals surface area contributed by atoms with E-state index >= 15 is 0 Å². The van der Waals surface area contributed by atoms with Gasteiger partial charge >= 0.3 is 0 Å². The number of hydrogen-bond donors (Lipinski definition) is 1. The highest BCUT2D eigenvalue weighted by molar-refractivity contribution is 7.13. The van der Waals surface area contributed by atoms with Gasteiger partial charge in [0.05, 0.1) is 6.04 Å². The van der Waals surface area contributed by atoms with Crippen molar-refractivity contribution >= 4 is 22.4 Å². The van der Waals surface area contributed by atoms with Gasteiger partial charge in [0, 0.05) is 30.9 Å². The highest BCUT2D eigenvalue weighted by atomic mass is 32.1. The molecule has 1 unspecified atom stereocenters. The zero-order valence-electron chi connectivity index (χ0n) is 12.2. The molecule has 3 heterocycles. The Morgan fingerprint density at radius 3 is 2.95 bits per heavy atom. The zero-order valence-corrected chi connectivity index (χ0v) is 13.0. The molecule has 2 aromatic heterocycles. The van der Waals surface area contributed by atoms with Gasteiger partial charge in [0.2, 0.25) is 0 Å². The van der Waals surface area contributed by atoms with Gasteiger partial charge < -0.3 is 15.2 Å². The summed E-state index contributed by atoms with van der Waals surface area (Å²) in [7, 11) is 2.03. The van der Waals surface area contributed by atoms with Crippen molar-refractivity contribution in [1.82, 2.24) is 14.5 Å². The number of carbonyl (C=O) groups excluding carboxylic acids is 1. The van der Waals surface area contributed by atoms with Gasteiger partial charge in [-0.1, -0.05) is 12.8 Å². The molecule has 0 bridgehead atoms. The number of hydrogen-bond acceptors (Lipinski definition) is 4. The van der Waals surface area contributed by atoms with Crippen molar-refractivity contribution in [1.29, 1.82) is 0 Å². The van der Waals surface area contributed by atoms with Gasteiger partial charge in [-0.2, -0.15) is 0 Å². The summed E-state index contributed by atoms with van der Waals surface area (Å²) in [6.07, 6.45) is 6.40. The van der Waals surface area contributed by atoms with Crippen LogP contribution in [-0.4, -0.2) is 26.9 Å². The quantitative estimate of drug-likeness (QED) is 0.928. The van der Waals surface area contributed by atoms with E-state index in [0.29, 0.717) is 10.8 Å². The van der Waals surface area contributed by atoms with Crippen molar-refractivity contribution < 1.29 is 4.79 Å². The predicted octanol–water partition coefficient (Wildman–Crippen LogP) is 2.82. The average Bonchev–Trinajstić information content (AvgIpc) is 3.00. The number of nitrogens with zero attached hydrogens (tertiary/aromatic N) is 3. The monoisotopic (exact) mass is 304 g/mol. The molecule has 5 nitrogen and oxygen atoms in total. The number of likely N-dealkylation sites (tertiary alicyclic amines) is 1. The Morgan fingerprint density at radius 2 is 2.29 bits per heavy atom. The van der Waals surface area contributed by atoms with E-state index in [4.69, 9.17) is 5.73 Å². The highest BCUT2D eigenvalue weighted by Gasteiger charge is 2.29. The number of nitrogens with two attached hydrogens (primary N) is 1. The Balaban J connectivity index is 1.92. The topological polar surface area (TPSA) is 64.2 Å². The number of thiazole rings is 1. The van der Waals surface area contributed by atoms with Crippen LogP contribution < -0.4 is 5.73 Å². The second-order valence-corrected chi connectivity index (χ2v) is 6.37. The van der Waals surface area contributed by atoms with Crippen molar-refractivity contribution in [2.24, 2.45) is 7.05 Å². The molecule has 21 heavy (non-hydrogen) atoms. The number of carbonyl (C=O) groups is 1. The van der Waals surface area contributed by atoms with E-state index in [1.807, 2.05) is 24.2 Å². The lowest BCUT2D eigenvalue weighted by Gasteiger charge is -2.30. The molecule has 112 valence electrons. The summed E-state index contributed by atoms with van der Waals surface area (Å²) in [6, 6.07) is 4.26. The minimum atomic E-state index is -0.00366. The molecule has 0 aliphatic carbocycles. The molecule has 0 spiro atoms. The number of aryl methyl sites for hydroxylation is 1. The molecule has 1 saturated heterocycles. The Hall–Kier alpha value is -1.82. The SMILES string of the molecule is Cn1cccc1C1CCCCCN1C(=O)c1csc(N)n1. The minimum Gasteiger partial charge on any atom is -0.375 e. The Labute approximate surface area is 128 Å². The number of rotatable bonds is 2. The lowest BCUT2D eigenvalue weighted by molar-refractivity contribution is 0.0669. The standard InChI is InChI=1S/C15H20N4OS/c1-18-8-5-7-12(18)13-6-3-2-4-9-19(13)14(20)11-10-21-15(16)17-11/h5,7-8,10,13H,2-4,6,9H2,1H3,(H2,16,17). The van der Waals surface area contributed by atoms with Gasteiger partial charge in [-0.15, -0.1) is 11.3 Å². The Kier molecular flexibility index (Phi) is 3.96. The van der Waals surface area contributed by atoms with E-state index in [9.17, 15) is 4.79 Å². The molecule has 1 aliphatic rings. The van der Waals surface area contributed by atoms with Crippen LogP contribution in [-0.2, 0) is 7.05 Å². The summed E-state index contributed by atoms with van der Waals surface area (Å²) in [5.41, 5.74) is 7.32. The molecule has 0 aromatic carbocycles. The molecule has 2 aromatic rings. The number of nitrogen functional groups attached to an aromatic ring is 1. The van der Waals surface area contributed by atoms with E-state index in [1.165, 1.54) is 23.5 Å². The molecular weight excluding hydrogens is 284 g/mol. The number of aromatic nitrogens is 2. The van der Waals surface area contributed by atoms with Crippen LogP contribution in [0.4, 0.5) is 5.13 Å². The third kappa shape index (κ3) is 2.81. The molecule has 1 aliphatic heterocycles. The first-order valence-corrected chi connectivity index (χ1v) is 8.18. The van der Waals surface area contributed by atoms with Crippen LogP contribution in [0.25, 0.3) is 0 Å². The van der Waals surface area contributed by atoms with E-state index in [0.717, 1.165) is 25.8 Å². The summed E-state index contributed by atoms with van der Waals surface area (Å²) in [5.74, 6) is -0.00366. The third-order valence-electron chi connectivity index (χ3n) is 4.08. The summed E-state index contributed by atoms with van der Waals surface area (Å²) < 4.78 is 2.10. The van der Waals surface area contributed by atoms with E-state index < -0.39 is 0 Å². The highest BCUT2D eigenvalue weighted by Crippen LogP contribution is 2.31. The van der Waals surface area contributed by atoms with Crippen molar-refractivity contribution in [3.05, 3.63) is 35.1 Å². The number of anilines is 1. The van der Waals surface area contributed by atoms with Gasteiger partial charge in [0.25, 0.3) is 5.91 Å². The molecule has 6 heteroatoms. The van der Waals surface area contributed by atoms with Gasteiger partial charge in [-0.05, 0) is 25.0 Å². The van der Waals surface area contributed by atoms with Crippen molar-refractivity contribution in [2.75, 3.05) is 12.3 Å². The Bertz CT molecular complexity index is 633. The molecule has 1 amide bonds. The molecule has 1 atom stereocenters. The average molecular weight is 304 g/mol. The molecule has 0 radical (unpaired) electrons. The maximum absolute atomic E-state index is 12.8. The molecule has 0 saturated carbocycles. The first-order chi connectivity index (χ1) is 10.2. The van der Waals surface area contributed by atoms with Crippen molar-refractivity contribution in [3.8, 4) is 0 Å². The minimum absolute atomic E-state index is 0.00366. The van der Waals surface area contributed by atoms with Gasteiger partial charge in [-0.25, -0.2) is 4.98 Å². The first-order valence-electron chi connectivity index (χ1n) is 7.30. The fraction of sp³-hybridized carbons (Fsp3) is 0.467. The molecule has 3 rings (SSSR count). The van der Waals surface area contributed by atoms with Crippen LogP contribution in [0.2, 0.25) is 0 Å². The lowest BCUT2D eigenvalue weighted by atomic mass is 10.1. The van der Waals surface area contributed by atoms with E-state index in [2.05, 4.69) is 15.6 Å². The predicted molar refractivity (Wildman–Crippen MR) is 84.2 cm³/mol. The lowest BCUT2D eigenvalue weighted by Crippen LogP contribution is -2.35. The second kappa shape index (κ2) is 5.89. The van der Waals surface area contributed by atoms with Crippen molar-refractivity contribution in [3.63, 3.8) is 0 Å². The zero-order chi connectivity index (χ0) is 14.8. The van der Waals surface area contributed by atoms with Gasteiger partial charge in [-0.3, -0.25) is 4.79 Å². The van der Waals surface area contributed by atoms with Crippen LogP contribution in [0.1, 0.15) is 47.9 Å². The van der Waals surface area contributed by atoms with E-state index in [1.54, 1.807) is 5.38 Å². The van der Waals surface area contributed by atoms with Crippen molar-refractivity contribution in [2.45, 2.75) is 31.7 Å². The first kappa shape index (κ1) is 14.1. The van der Waals surface area contributed by atoms with Gasteiger partial charge in [0.15, 0.2) is 5.13 Å². The van der Waals surface area contributed by atoms with Gasteiger partial charge in [0.1, 0.15) is 5.69 Å². The van der Waals surface area contributed by atoms with Crippen LogP contribution in [0.3, 0.4) is 0 Å². The van der Waals surface area contributed by atoms with Crippen LogP contribution in [0, 0.1) is 0 Å². The molecule has 2 N–H and O–H groups in total. The fourth-order valence-electron chi connectivity index (χ4n) is 3.01. The number of amides is 1. The van der Waals surface area contributed by atoms with E-state index in [-0.39, 0.29) is 11.9 Å². The summed E-state index contributed by atoms with van der Waals surface area (Å²) in [6.45, 7) is 0.784. The molecule has 1 fully saturated rings.